The number of carbonyl (C=O) groups is 2. The summed E-state index contributed by atoms with van der Waals surface area (Å²) in [5.41, 5.74) is 2.70. The summed E-state index contributed by atoms with van der Waals surface area (Å²) in [4.78, 5) is 31.0. The van der Waals surface area contributed by atoms with Gasteiger partial charge in [0.25, 0.3) is 5.91 Å². The maximum absolute atomic E-state index is 13.8. The van der Waals surface area contributed by atoms with E-state index < -0.39 is 30.2 Å². The normalized spacial score (nSPS) is 25.5. The molecule has 8 nitrogen and oxygen atoms in total. The van der Waals surface area contributed by atoms with Gasteiger partial charge in [0.05, 0.1) is 24.8 Å². The summed E-state index contributed by atoms with van der Waals surface area (Å²) < 4.78 is 24.9. The van der Waals surface area contributed by atoms with Crippen molar-refractivity contribution >= 4 is 19.0 Å². The largest absolute Gasteiger partial charge is 0.496 e. The van der Waals surface area contributed by atoms with Gasteiger partial charge in [-0.3, -0.25) is 9.78 Å². The first-order valence-corrected chi connectivity index (χ1v) is 15.8. The lowest BCUT2D eigenvalue weighted by molar-refractivity contribution is -0.199. The van der Waals surface area contributed by atoms with Crippen LogP contribution in [0.1, 0.15) is 80.7 Å². The van der Waals surface area contributed by atoms with Crippen LogP contribution in [-0.4, -0.2) is 54.3 Å². The Morgan fingerprint density at radius 2 is 1.71 bits per heavy atom. The highest BCUT2D eigenvalue weighted by molar-refractivity contribution is 6.48. The van der Waals surface area contributed by atoms with Crippen molar-refractivity contribution in [1.29, 1.82) is 0 Å². The van der Waals surface area contributed by atoms with Crippen LogP contribution in [0.4, 0.5) is 0 Å². The fourth-order valence-corrected chi connectivity index (χ4v) is 7.61. The average molecular weight is 611 g/mol. The smallest absolute Gasteiger partial charge is 0.482 e. The van der Waals surface area contributed by atoms with Crippen molar-refractivity contribution in [2.24, 2.45) is 17.3 Å². The molecule has 2 aromatic carbocycles. The quantitative estimate of drug-likeness (QED) is 0.236. The lowest BCUT2D eigenvalue weighted by atomic mass is 9.43. The van der Waals surface area contributed by atoms with E-state index in [4.69, 9.17) is 18.8 Å². The number of amides is 1. The third kappa shape index (κ3) is 5.88. The van der Waals surface area contributed by atoms with Gasteiger partial charge in [-0.25, -0.2) is 4.79 Å². The molecule has 5 unspecified atom stereocenters. The molecule has 1 aliphatic heterocycles. The Bertz CT molecular complexity index is 1570. The van der Waals surface area contributed by atoms with Crippen molar-refractivity contribution < 1.29 is 28.4 Å². The highest BCUT2D eigenvalue weighted by Gasteiger charge is 2.68. The number of methoxy groups -OCH3 is 1. The number of aromatic nitrogens is 1. The van der Waals surface area contributed by atoms with Crippen LogP contribution in [0.5, 0.6) is 5.75 Å². The van der Waals surface area contributed by atoms with E-state index in [-0.39, 0.29) is 17.4 Å². The monoisotopic (exact) mass is 610 g/mol. The molecule has 0 radical (unpaired) electrons. The summed E-state index contributed by atoms with van der Waals surface area (Å²) in [6, 6.07) is 16.8. The first-order valence-electron chi connectivity index (χ1n) is 15.8. The summed E-state index contributed by atoms with van der Waals surface area (Å²) in [5, 5.41) is 3.23. The van der Waals surface area contributed by atoms with E-state index in [9.17, 15) is 9.59 Å². The number of hydrogen-bond acceptors (Lipinski definition) is 7. The number of carbonyl (C=O) groups excluding carboxylic acids is 2. The van der Waals surface area contributed by atoms with E-state index in [1.165, 1.54) is 7.11 Å². The van der Waals surface area contributed by atoms with E-state index in [2.05, 4.69) is 31.1 Å². The summed E-state index contributed by atoms with van der Waals surface area (Å²) in [7, 11) is 0.864. The van der Waals surface area contributed by atoms with Crippen LogP contribution in [0, 0.1) is 17.3 Å². The molecule has 2 bridgehead atoms. The summed E-state index contributed by atoms with van der Waals surface area (Å²) >= 11 is 0. The predicted molar refractivity (Wildman–Crippen MR) is 173 cm³/mol. The molecule has 7 rings (SSSR count). The maximum atomic E-state index is 13.8. The summed E-state index contributed by atoms with van der Waals surface area (Å²) in [5.74, 6) is 0.132. The van der Waals surface area contributed by atoms with Crippen molar-refractivity contribution in [2.75, 3.05) is 7.11 Å². The van der Waals surface area contributed by atoms with Crippen LogP contribution >= 0.6 is 0 Å². The summed E-state index contributed by atoms with van der Waals surface area (Å²) in [6.07, 6.45) is 5.84. The van der Waals surface area contributed by atoms with E-state index in [0.717, 1.165) is 29.5 Å². The topological polar surface area (TPSA) is 96.0 Å². The molecule has 45 heavy (non-hydrogen) atoms. The minimum atomic E-state index is -0.676. The zero-order chi connectivity index (χ0) is 32.1. The highest BCUT2D eigenvalue weighted by atomic mass is 16.7. The number of pyridine rings is 1. The van der Waals surface area contributed by atoms with Crippen molar-refractivity contribution in [2.45, 2.75) is 84.1 Å². The third-order valence-electron chi connectivity index (χ3n) is 10.1. The lowest BCUT2D eigenvalue weighted by Crippen LogP contribution is -2.65. The number of rotatable bonds is 8. The second-order valence-corrected chi connectivity index (χ2v) is 14.4. The van der Waals surface area contributed by atoms with Crippen LogP contribution in [0.3, 0.4) is 0 Å². The molecule has 1 aromatic heterocycles. The molecular formula is C36H43BN2O6. The number of nitrogens with one attached hydrogen (secondary N) is 1. The van der Waals surface area contributed by atoms with Crippen molar-refractivity contribution in [1.82, 2.24) is 10.3 Å². The van der Waals surface area contributed by atoms with Crippen LogP contribution in [0.2, 0.25) is 0 Å². The van der Waals surface area contributed by atoms with E-state index in [0.29, 0.717) is 35.1 Å². The van der Waals surface area contributed by atoms with Gasteiger partial charge in [0, 0.05) is 18.0 Å². The first kappa shape index (κ1) is 31.3. The Labute approximate surface area is 266 Å². The molecule has 1 saturated heterocycles. The Kier molecular flexibility index (Phi) is 8.06. The third-order valence-corrected chi connectivity index (χ3v) is 10.1. The van der Waals surface area contributed by atoms with Gasteiger partial charge in [0.2, 0.25) is 0 Å². The zero-order valence-electron chi connectivity index (χ0n) is 27.3. The van der Waals surface area contributed by atoms with Crippen molar-refractivity contribution in [3.05, 3.63) is 83.7 Å². The van der Waals surface area contributed by atoms with E-state index in [1.54, 1.807) is 18.5 Å². The van der Waals surface area contributed by atoms with Gasteiger partial charge in [-0.05, 0) is 111 Å². The molecule has 4 aliphatic rings. The Balaban J connectivity index is 1.29. The van der Waals surface area contributed by atoms with Gasteiger partial charge in [-0.15, -0.1) is 0 Å². The number of ether oxygens (including phenoxy) is 2. The molecule has 1 amide bonds. The molecule has 3 saturated carbocycles. The minimum absolute atomic E-state index is 0.0479. The zero-order valence-corrected chi connectivity index (χ0v) is 27.3. The fourth-order valence-electron chi connectivity index (χ4n) is 7.61. The Morgan fingerprint density at radius 1 is 1.02 bits per heavy atom. The van der Waals surface area contributed by atoms with Crippen LogP contribution in [0.15, 0.2) is 67.0 Å². The highest BCUT2D eigenvalue weighted by Crippen LogP contribution is 2.65. The minimum Gasteiger partial charge on any atom is -0.496 e. The summed E-state index contributed by atoms with van der Waals surface area (Å²) in [6.45, 7) is 12.3. The fraction of sp³-hybridized carbons (Fsp3) is 0.472. The van der Waals surface area contributed by atoms with Gasteiger partial charge in [0.1, 0.15) is 16.9 Å². The van der Waals surface area contributed by atoms with Gasteiger partial charge < -0.3 is 24.1 Å². The van der Waals surface area contributed by atoms with Crippen LogP contribution in [0.25, 0.3) is 11.1 Å². The molecule has 1 N–H and O–H groups in total. The molecular weight excluding hydrogens is 567 g/mol. The number of para-hydroxylation sites is 1. The van der Waals surface area contributed by atoms with Crippen LogP contribution in [-0.2, 0) is 20.5 Å². The molecule has 4 fully saturated rings. The number of nitrogens with zero attached hydrogens (tertiary/aromatic N) is 1. The molecule has 5 atom stereocenters. The van der Waals surface area contributed by atoms with Gasteiger partial charge in [-0.2, -0.15) is 0 Å². The Hall–Kier alpha value is -3.69. The lowest BCUT2D eigenvalue weighted by Gasteiger charge is -2.64. The van der Waals surface area contributed by atoms with Gasteiger partial charge >= 0.3 is 13.1 Å². The molecule has 3 aromatic rings. The molecule has 0 spiro atoms. The molecule has 3 aliphatic carbocycles. The van der Waals surface area contributed by atoms with E-state index in [1.807, 2.05) is 69.3 Å². The van der Waals surface area contributed by atoms with Gasteiger partial charge in [-0.1, -0.05) is 38.1 Å². The number of benzene rings is 2. The second kappa shape index (κ2) is 11.6. The first-order chi connectivity index (χ1) is 21.3. The molecule has 9 heteroatoms. The van der Waals surface area contributed by atoms with Crippen molar-refractivity contribution in [3.63, 3.8) is 0 Å². The second-order valence-electron chi connectivity index (χ2n) is 14.4. The van der Waals surface area contributed by atoms with Crippen molar-refractivity contribution in [3.8, 4) is 16.9 Å². The maximum Gasteiger partial charge on any atom is 0.482 e. The Morgan fingerprint density at radius 3 is 2.36 bits per heavy atom. The number of hydrogen-bond donors (Lipinski definition) is 1. The van der Waals surface area contributed by atoms with Gasteiger partial charge in [0.15, 0.2) is 0 Å². The average Bonchev–Trinajstić information content (AvgIpc) is 3.37. The number of esters is 1. The molecule has 2 heterocycles. The predicted octanol–water partition coefficient (Wildman–Crippen LogP) is 6.32. The van der Waals surface area contributed by atoms with E-state index >= 15 is 0 Å². The standard InChI is InChI=1S/C36H43BN2O6/c1-34(2,3)43-33(41)27-10-8-9-25(31(27)42-7)19-30(37-44-29-21-26-20-28(35(26,4)5)36(29,6)45-37)39-32(40)24-13-11-22(12-14-24)23-15-17-38-18-16-23/h8-18,26,28-30H,19-21H2,1-7H3,(H,39,40). The SMILES string of the molecule is COc1c(CC(NC(=O)c2ccc(-c3ccncc3)cc2)B2OC3CC4CC(C4(C)C)C3(C)O2)cccc1C(=O)OC(C)(C)C. The molecule has 236 valence electrons. The van der Waals surface area contributed by atoms with Crippen LogP contribution < -0.4 is 10.1 Å².